The number of amides is 1. The molecule has 0 bridgehead atoms. The summed E-state index contributed by atoms with van der Waals surface area (Å²) in [5.41, 5.74) is 3.81. The molecule has 1 aliphatic rings. The molecular formula is C31H25ClN2O4. The number of aromatic nitrogens is 1. The summed E-state index contributed by atoms with van der Waals surface area (Å²) in [6, 6.07) is 24.3. The molecule has 1 amide bonds. The van der Waals surface area contributed by atoms with Crippen LogP contribution in [0.25, 0.3) is 5.76 Å². The molecule has 6 nitrogen and oxygen atoms in total. The monoisotopic (exact) mass is 524 g/mol. The molecule has 3 aromatic carbocycles. The van der Waals surface area contributed by atoms with Gasteiger partial charge in [0.15, 0.2) is 12.4 Å². The molecule has 0 radical (unpaired) electrons. The van der Waals surface area contributed by atoms with Crippen molar-refractivity contribution in [3.05, 3.63) is 136 Å². The molecule has 0 saturated carbocycles. The van der Waals surface area contributed by atoms with E-state index in [4.69, 9.17) is 16.3 Å². The smallest absolute Gasteiger partial charge is 0.295 e. The summed E-state index contributed by atoms with van der Waals surface area (Å²) in [6.45, 7) is 2.58. The Morgan fingerprint density at radius 3 is 2.39 bits per heavy atom. The maximum atomic E-state index is 13.7. The maximum absolute atomic E-state index is 13.7. The number of rotatable bonds is 7. The lowest BCUT2D eigenvalue weighted by Gasteiger charge is -2.27. The molecule has 1 aliphatic heterocycles. The summed E-state index contributed by atoms with van der Waals surface area (Å²) in [5, 5.41) is 14.1. The lowest BCUT2D eigenvalue weighted by atomic mass is 9.95. The molecule has 0 aliphatic carbocycles. The number of hydrogen-bond donors (Lipinski definition) is 0. The lowest BCUT2D eigenvalue weighted by molar-refractivity contribution is -0.378. The van der Waals surface area contributed by atoms with E-state index in [2.05, 4.69) is 4.98 Å². The number of benzene rings is 3. The Morgan fingerprint density at radius 1 is 0.947 bits per heavy atom. The standard InChI is InChI=1S/C31H25ClN2O4/c1-20-4-2-5-22(16-20)19-38-26-10-8-23(9-11-26)29(35)27-28(24-6-3-7-25(32)17-24)34(31(37)30(27)36)18-21-12-14-33-15-13-21/h2-17,28,35H,18-19H2,1H3/b29-27+. The van der Waals surface area contributed by atoms with Gasteiger partial charge < -0.3 is 14.7 Å². The zero-order valence-electron chi connectivity index (χ0n) is 20.7. The normalized spacial score (nSPS) is 16.6. The van der Waals surface area contributed by atoms with E-state index >= 15 is 0 Å². The van der Waals surface area contributed by atoms with Crippen LogP contribution >= 0.6 is 11.6 Å². The molecular weight excluding hydrogens is 500 g/mol. The van der Waals surface area contributed by atoms with Crippen LogP contribution < -0.4 is 14.8 Å². The minimum atomic E-state index is -0.859. The van der Waals surface area contributed by atoms with Crippen molar-refractivity contribution in [2.75, 3.05) is 0 Å². The van der Waals surface area contributed by atoms with Crippen molar-refractivity contribution in [1.82, 2.24) is 4.90 Å². The third-order valence-corrected chi connectivity index (χ3v) is 6.67. The molecule has 1 unspecified atom stereocenters. The van der Waals surface area contributed by atoms with Crippen LogP contribution in [-0.4, -0.2) is 16.6 Å². The number of pyridine rings is 1. The van der Waals surface area contributed by atoms with Gasteiger partial charge in [-0.25, -0.2) is 4.98 Å². The van der Waals surface area contributed by atoms with Crippen LogP contribution in [0.1, 0.15) is 33.9 Å². The molecule has 1 saturated heterocycles. The first-order valence-electron chi connectivity index (χ1n) is 12.2. The minimum absolute atomic E-state index is 0.0896. The fourth-order valence-corrected chi connectivity index (χ4v) is 4.81. The predicted molar refractivity (Wildman–Crippen MR) is 142 cm³/mol. The molecule has 1 atom stereocenters. The van der Waals surface area contributed by atoms with Crippen molar-refractivity contribution in [3.63, 3.8) is 0 Å². The van der Waals surface area contributed by atoms with Gasteiger partial charge in [-0.15, -0.1) is 0 Å². The second-order valence-electron chi connectivity index (χ2n) is 9.17. The van der Waals surface area contributed by atoms with Crippen LogP contribution in [0.5, 0.6) is 5.75 Å². The van der Waals surface area contributed by atoms with Crippen LogP contribution in [0.4, 0.5) is 0 Å². The van der Waals surface area contributed by atoms with E-state index in [0.29, 0.717) is 28.5 Å². The van der Waals surface area contributed by atoms with E-state index in [9.17, 15) is 14.7 Å². The van der Waals surface area contributed by atoms with E-state index in [1.165, 1.54) is 4.90 Å². The highest BCUT2D eigenvalue weighted by Crippen LogP contribution is 2.40. The molecule has 7 heteroatoms. The summed E-state index contributed by atoms with van der Waals surface area (Å²) in [7, 11) is 0. The third kappa shape index (κ3) is 5.31. The topological polar surface area (TPSA) is 83.8 Å². The van der Waals surface area contributed by atoms with E-state index in [1.807, 2.05) is 43.3 Å². The average molecular weight is 525 g/mol. The Balaban J connectivity index is 1.47. The quantitative estimate of drug-likeness (QED) is 0.203. The molecule has 4 aromatic rings. The second kappa shape index (κ2) is 10.9. The van der Waals surface area contributed by atoms with E-state index in [1.54, 1.807) is 60.9 Å². The molecule has 190 valence electrons. The van der Waals surface area contributed by atoms with Gasteiger partial charge in [0.2, 0.25) is 5.78 Å². The fraction of sp³-hybridized carbons (Fsp3) is 0.129. The Kier molecular flexibility index (Phi) is 7.24. The van der Waals surface area contributed by atoms with Crippen LogP contribution in [0.2, 0.25) is 5.02 Å². The molecule has 0 spiro atoms. The Bertz CT molecular complexity index is 1520. The van der Waals surface area contributed by atoms with Crippen LogP contribution in [0.3, 0.4) is 0 Å². The SMILES string of the molecule is Cc1cccc(COc2ccc(/C([O-])=C3\C(=O)C(=O)N(Cc4cc[nH+]cc4)C3c3cccc(Cl)c3)cc2)c1. The second-order valence-corrected chi connectivity index (χ2v) is 9.61. The van der Waals surface area contributed by atoms with Crippen molar-refractivity contribution >= 4 is 29.1 Å². The zero-order valence-corrected chi connectivity index (χ0v) is 21.4. The number of carbonyl (C=O) groups excluding carboxylic acids is 2. The van der Waals surface area contributed by atoms with Gasteiger partial charge in [0.1, 0.15) is 12.4 Å². The van der Waals surface area contributed by atoms with E-state index in [-0.39, 0.29) is 12.1 Å². The van der Waals surface area contributed by atoms with E-state index in [0.717, 1.165) is 16.7 Å². The molecule has 1 aromatic heterocycles. The number of halogens is 1. The lowest BCUT2D eigenvalue weighted by Crippen LogP contribution is -2.29. The Morgan fingerprint density at radius 2 is 1.68 bits per heavy atom. The first kappa shape index (κ1) is 25.2. The number of aryl methyl sites for hydroxylation is 1. The Hall–Kier alpha value is -4.42. The van der Waals surface area contributed by atoms with Crippen LogP contribution in [0, 0.1) is 6.92 Å². The third-order valence-electron chi connectivity index (χ3n) is 6.44. The number of ether oxygens (including phenoxy) is 1. The molecule has 5 rings (SSSR count). The maximum Gasteiger partial charge on any atom is 0.295 e. The Labute approximate surface area is 225 Å². The summed E-state index contributed by atoms with van der Waals surface area (Å²) >= 11 is 6.25. The van der Waals surface area contributed by atoms with Gasteiger partial charge >= 0.3 is 0 Å². The summed E-state index contributed by atoms with van der Waals surface area (Å²) in [6.07, 6.45) is 3.48. The van der Waals surface area contributed by atoms with E-state index < -0.39 is 23.5 Å². The number of nitrogens with one attached hydrogen (secondary N) is 1. The predicted octanol–water partition coefficient (Wildman–Crippen LogP) is 4.47. The number of H-pyrrole nitrogens is 1. The zero-order chi connectivity index (χ0) is 26.6. The van der Waals surface area contributed by atoms with Gasteiger partial charge in [-0.05, 0) is 53.4 Å². The van der Waals surface area contributed by atoms with Gasteiger partial charge in [-0.3, -0.25) is 9.59 Å². The van der Waals surface area contributed by atoms with Crippen molar-refractivity contribution < 1.29 is 24.4 Å². The highest BCUT2D eigenvalue weighted by atomic mass is 35.5. The fourth-order valence-electron chi connectivity index (χ4n) is 4.61. The number of aromatic amines is 1. The number of ketones is 1. The van der Waals surface area contributed by atoms with Crippen molar-refractivity contribution in [2.45, 2.75) is 26.1 Å². The average Bonchev–Trinajstić information content (AvgIpc) is 3.17. The highest BCUT2D eigenvalue weighted by molar-refractivity contribution is 6.46. The number of Topliss-reactive ketones (excluding diaryl/α,β-unsaturated/α-hetero) is 1. The van der Waals surface area contributed by atoms with Gasteiger partial charge in [0.05, 0.1) is 6.04 Å². The van der Waals surface area contributed by atoms with Crippen molar-refractivity contribution in [2.24, 2.45) is 0 Å². The summed E-state index contributed by atoms with van der Waals surface area (Å²) in [5.74, 6) is -1.43. The van der Waals surface area contributed by atoms with Gasteiger partial charge in [-0.2, -0.15) is 0 Å². The van der Waals surface area contributed by atoms with Gasteiger partial charge in [0, 0.05) is 29.3 Å². The summed E-state index contributed by atoms with van der Waals surface area (Å²) in [4.78, 5) is 30.8. The number of carbonyl (C=O) groups is 2. The largest absolute Gasteiger partial charge is 0.872 e. The number of likely N-dealkylation sites (tertiary alicyclic amines) is 1. The first-order valence-corrected chi connectivity index (χ1v) is 12.5. The first-order chi connectivity index (χ1) is 18.4. The molecule has 1 fully saturated rings. The van der Waals surface area contributed by atoms with Crippen LogP contribution in [-0.2, 0) is 22.7 Å². The van der Waals surface area contributed by atoms with Crippen molar-refractivity contribution in [3.8, 4) is 5.75 Å². The highest BCUT2D eigenvalue weighted by Gasteiger charge is 2.44. The molecule has 1 N–H and O–H groups in total. The minimum Gasteiger partial charge on any atom is -0.872 e. The summed E-state index contributed by atoms with van der Waals surface area (Å²) < 4.78 is 5.87. The van der Waals surface area contributed by atoms with Crippen LogP contribution in [0.15, 0.2) is 103 Å². The van der Waals surface area contributed by atoms with Gasteiger partial charge in [0.25, 0.3) is 5.91 Å². The number of hydrogen-bond acceptors (Lipinski definition) is 4. The van der Waals surface area contributed by atoms with Gasteiger partial charge in [-0.1, -0.05) is 71.5 Å². The molecule has 2 heterocycles. The molecule has 38 heavy (non-hydrogen) atoms. The van der Waals surface area contributed by atoms with Crippen molar-refractivity contribution in [1.29, 1.82) is 0 Å². The number of nitrogens with zero attached hydrogens (tertiary/aromatic N) is 1.